The highest BCUT2D eigenvalue weighted by Crippen LogP contribution is 2.34. The Morgan fingerprint density at radius 2 is 1.78 bits per heavy atom. The third-order valence-corrected chi connectivity index (χ3v) is 8.02. The van der Waals surface area contributed by atoms with Crippen molar-refractivity contribution in [2.45, 2.75) is 58.6 Å². The molecule has 14 heteroatoms. The molecule has 1 saturated carbocycles. The lowest BCUT2D eigenvalue weighted by molar-refractivity contribution is -0.116. The zero-order chi connectivity index (χ0) is 33.5. The van der Waals surface area contributed by atoms with Gasteiger partial charge in [-0.2, -0.15) is 0 Å². The largest absolute Gasteiger partial charge is 0.444 e. The van der Waals surface area contributed by atoms with Crippen LogP contribution < -0.4 is 32.8 Å². The molecular formula is C32H34FIN6O6. The van der Waals surface area contributed by atoms with Gasteiger partial charge < -0.3 is 20.7 Å². The maximum atomic E-state index is 15.0. The Hall–Kier alpha value is -4.47. The Bertz CT molecular complexity index is 2060. The molecule has 0 spiro atoms. The third kappa shape index (κ3) is 6.85. The first kappa shape index (κ1) is 32.9. The monoisotopic (exact) mass is 744 g/mol. The molecule has 1 fully saturated rings. The molecule has 242 valence electrons. The number of fused-ring (bicyclic) bond motifs is 1. The molecule has 2 aromatic heterocycles. The number of aryl methyl sites for hydroxylation is 1. The minimum absolute atomic E-state index is 0.0380. The predicted octanol–water partition coefficient (Wildman–Crippen LogP) is 4.84. The first-order chi connectivity index (χ1) is 21.7. The van der Waals surface area contributed by atoms with E-state index in [1.165, 1.54) is 39.8 Å². The van der Waals surface area contributed by atoms with Gasteiger partial charge in [0.15, 0.2) is 0 Å². The van der Waals surface area contributed by atoms with Gasteiger partial charge in [0, 0.05) is 40.9 Å². The second-order valence-electron chi connectivity index (χ2n) is 12.1. The van der Waals surface area contributed by atoms with E-state index in [1.54, 1.807) is 51.1 Å². The van der Waals surface area contributed by atoms with Gasteiger partial charge in [0.1, 0.15) is 22.6 Å². The molecule has 0 atom stereocenters. The molecule has 4 aromatic rings. The Balaban J connectivity index is 1.58. The number of carbonyl (C=O) groups is 2. The summed E-state index contributed by atoms with van der Waals surface area (Å²) in [6.07, 6.45) is 0.582. The first-order valence-electron chi connectivity index (χ1n) is 14.7. The minimum Gasteiger partial charge on any atom is -0.444 e. The van der Waals surface area contributed by atoms with Gasteiger partial charge >= 0.3 is 11.8 Å². The van der Waals surface area contributed by atoms with Crippen LogP contribution >= 0.6 is 22.6 Å². The van der Waals surface area contributed by atoms with Crippen LogP contribution in [0.2, 0.25) is 0 Å². The van der Waals surface area contributed by atoms with E-state index in [0.717, 1.165) is 0 Å². The van der Waals surface area contributed by atoms with Crippen LogP contribution in [0, 0.1) is 16.3 Å². The molecule has 2 heterocycles. The molecule has 1 aliphatic carbocycles. The van der Waals surface area contributed by atoms with Gasteiger partial charge in [0.2, 0.25) is 5.91 Å². The van der Waals surface area contributed by atoms with Crippen molar-refractivity contribution in [3.05, 3.63) is 88.6 Å². The van der Waals surface area contributed by atoms with E-state index in [-0.39, 0.29) is 47.0 Å². The minimum atomic E-state index is -0.674. The molecule has 0 unspecified atom stereocenters. The normalized spacial score (nSPS) is 13.0. The molecular weight excluding hydrogens is 710 g/mol. The quantitative estimate of drug-likeness (QED) is 0.219. The summed E-state index contributed by atoms with van der Waals surface area (Å²) >= 11 is 1.98. The summed E-state index contributed by atoms with van der Waals surface area (Å²) in [7, 11) is 1.48. The number of anilines is 3. The highest BCUT2D eigenvalue weighted by molar-refractivity contribution is 14.1. The maximum absolute atomic E-state index is 15.0. The van der Waals surface area contributed by atoms with E-state index in [2.05, 4.69) is 16.0 Å². The Morgan fingerprint density at radius 1 is 1.07 bits per heavy atom. The Morgan fingerprint density at radius 3 is 2.43 bits per heavy atom. The van der Waals surface area contributed by atoms with Gasteiger partial charge in [-0.15, -0.1) is 0 Å². The Labute approximate surface area is 276 Å². The van der Waals surface area contributed by atoms with Crippen molar-refractivity contribution in [2.24, 2.45) is 7.05 Å². The van der Waals surface area contributed by atoms with Gasteiger partial charge in [0.25, 0.3) is 11.1 Å². The highest BCUT2D eigenvalue weighted by Gasteiger charge is 2.31. The van der Waals surface area contributed by atoms with Gasteiger partial charge in [-0.25, -0.2) is 14.0 Å². The smallest absolute Gasteiger partial charge is 0.407 e. The molecule has 5 rings (SSSR count). The molecule has 1 aliphatic rings. The Kier molecular flexibility index (Phi) is 9.11. The van der Waals surface area contributed by atoms with E-state index in [1.807, 2.05) is 22.6 Å². The second kappa shape index (κ2) is 12.7. The van der Waals surface area contributed by atoms with Crippen LogP contribution in [0.5, 0.6) is 0 Å². The van der Waals surface area contributed by atoms with E-state index in [0.29, 0.717) is 27.8 Å². The molecule has 0 radical (unpaired) electrons. The van der Waals surface area contributed by atoms with Crippen LogP contribution in [0.4, 0.5) is 26.4 Å². The second-order valence-corrected chi connectivity index (χ2v) is 13.4. The SMILES string of the molecule is Cc1c(=O)n(C)c(Nc2ccc(I)cc2F)c2c(=O)n(C3CC3)c(=O)n(-c3cccc(NC(=O)CCNC(=O)OC(C)(C)C)c3)c12. The average Bonchev–Trinajstić information content (AvgIpc) is 3.80. The summed E-state index contributed by atoms with van der Waals surface area (Å²) in [5.74, 6) is -0.932. The van der Waals surface area contributed by atoms with E-state index < -0.39 is 40.2 Å². The molecule has 12 nitrogen and oxygen atoms in total. The summed E-state index contributed by atoms with van der Waals surface area (Å²) in [6.45, 7) is 6.77. The van der Waals surface area contributed by atoms with Crippen molar-refractivity contribution in [3.8, 4) is 5.69 Å². The lowest BCUT2D eigenvalue weighted by atomic mass is 10.1. The fourth-order valence-corrected chi connectivity index (χ4v) is 5.57. The standard InChI is InChI=1S/C32H34FIN6O6/c1-17-26-25(27(38(5)28(17)42)37-23-12-9-18(34)15-22(23)33)29(43)40(20-10-11-20)31(45)39(26)21-8-6-7-19(16-21)36-24(41)13-14-35-30(44)46-32(2,3)4/h6-9,12,15-16,20,37H,10-11,13-14H2,1-5H3,(H,35,44)(H,36,41). The number of amides is 2. The van der Waals surface area contributed by atoms with E-state index in [4.69, 9.17) is 4.74 Å². The average molecular weight is 745 g/mol. The van der Waals surface area contributed by atoms with Crippen molar-refractivity contribution in [1.82, 2.24) is 19.0 Å². The van der Waals surface area contributed by atoms with Gasteiger partial charge in [-0.1, -0.05) is 6.07 Å². The number of benzene rings is 2. The number of rotatable bonds is 8. The summed E-state index contributed by atoms with van der Waals surface area (Å²) in [6, 6.07) is 10.6. The number of hydrogen-bond donors (Lipinski definition) is 3. The number of hydrogen-bond acceptors (Lipinski definition) is 7. The lowest BCUT2D eigenvalue weighted by Crippen LogP contribution is -2.41. The van der Waals surface area contributed by atoms with Gasteiger partial charge in [-0.3, -0.25) is 28.1 Å². The van der Waals surface area contributed by atoms with Crippen LogP contribution in [0.15, 0.2) is 56.8 Å². The number of nitrogens with zero attached hydrogens (tertiary/aromatic N) is 3. The molecule has 0 aliphatic heterocycles. The van der Waals surface area contributed by atoms with Gasteiger partial charge in [0.05, 0.1) is 16.9 Å². The number of nitrogens with one attached hydrogen (secondary N) is 3. The fraction of sp³-hybridized carbons (Fsp3) is 0.344. The first-order valence-corrected chi connectivity index (χ1v) is 15.7. The van der Waals surface area contributed by atoms with Crippen molar-refractivity contribution in [1.29, 1.82) is 0 Å². The third-order valence-electron chi connectivity index (χ3n) is 7.35. The van der Waals surface area contributed by atoms with Crippen LogP contribution in [-0.4, -0.2) is 37.8 Å². The molecule has 2 aromatic carbocycles. The summed E-state index contributed by atoms with van der Waals surface area (Å²) < 4.78 is 24.5. The summed E-state index contributed by atoms with van der Waals surface area (Å²) in [5.41, 5.74) is -1.45. The van der Waals surface area contributed by atoms with E-state index in [9.17, 15) is 28.4 Å². The zero-order valence-electron chi connectivity index (χ0n) is 26.0. The topological polar surface area (TPSA) is 145 Å². The zero-order valence-corrected chi connectivity index (χ0v) is 28.2. The van der Waals surface area contributed by atoms with Crippen LogP contribution in [-0.2, 0) is 16.6 Å². The lowest BCUT2D eigenvalue weighted by Gasteiger charge is -2.21. The molecule has 46 heavy (non-hydrogen) atoms. The molecule has 3 N–H and O–H groups in total. The van der Waals surface area contributed by atoms with Crippen molar-refractivity contribution in [3.63, 3.8) is 0 Å². The van der Waals surface area contributed by atoms with Crippen molar-refractivity contribution in [2.75, 3.05) is 17.2 Å². The van der Waals surface area contributed by atoms with Gasteiger partial charge in [-0.05, 0) is 99.5 Å². The summed E-state index contributed by atoms with van der Waals surface area (Å²) in [4.78, 5) is 66.2. The van der Waals surface area contributed by atoms with Crippen molar-refractivity contribution >= 4 is 62.7 Å². The number of alkyl carbamates (subject to hydrolysis) is 1. The van der Waals surface area contributed by atoms with Crippen LogP contribution in [0.25, 0.3) is 16.6 Å². The number of halogens is 2. The maximum Gasteiger partial charge on any atom is 0.407 e. The molecule has 2 amide bonds. The number of carbonyl (C=O) groups excluding carboxylic acids is 2. The summed E-state index contributed by atoms with van der Waals surface area (Å²) in [5, 5.41) is 8.28. The number of aromatic nitrogens is 3. The van der Waals surface area contributed by atoms with E-state index >= 15 is 0 Å². The van der Waals surface area contributed by atoms with Crippen LogP contribution in [0.3, 0.4) is 0 Å². The number of pyridine rings is 1. The highest BCUT2D eigenvalue weighted by atomic mass is 127. The van der Waals surface area contributed by atoms with Crippen LogP contribution in [0.1, 0.15) is 51.6 Å². The molecule has 0 bridgehead atoms. The fourth-order valence-electron chi connectivity index (χ4n) is 5.11. The predicted molar refractivity (Wildman–Crippen MR) is 182 cm³/mol. The molecule has 0 saturated heterocycles. The number of ether oxygens (including phenoxy) is 1. The van der Waals surface area contributed by atoms with Crippen molar-refractivity contribution < 1.29 is 18.7 Å².